The average molecular weight is 551 g/mol. The SMILES string of the molecule is CCCCCCCCCCc1cc2cc3cc(OS(=O)(=O)C(F)(F)F)c(Br)cc3cc2s1. The molecule has 0 saturated carbocycles. The van der Waals surface area contributed by atoms with Crippen LogP contribution in [-0.2, 0) is 16.5 Å². The van der Waals surface area contributed by atoms with E-state index in [0.29, 0.717) is 5.39 Å². The lowest BCUT2D eigenvalue weighted by Crippen LogP contribution is -2.28. The van der Waals surface area contributed by atoms with Crippen LogP contribution in [-0.4, -0.2) is 13.9 Å². The molecule has 1 heterocycles. The van der Waals surface area contributed by atoms with Crippen molar-refractivity contribution in [2.45, 2.75) is 70.2 Å². The standard InChI is InChI=1S/C23H26BrF3O3S2/c1-2-3-4-5-6-7-8-9-10-19-12-18-11-16-14-21(30-32(28,29)23(25,26)27)20(24)13-17(16)15-22(18)31-19/h11-15H,2-10H2,1H3. The highest BCUT2D eigenvalue weighted by Gasteiger charge is 2.48. The second kappa shape index (κ2) is 10.7. The number of alkyl halides is 3. The fraction of sp³-hybridized carbons (Fsp3) is 0.478. The maximum Gasteiger partial charge on any atom is 0.534 e. The first-order chi connectivity index (χ1) is 15.1. The number of rotatable bonds is 11. The molecule has 0 bridgehead atoms. The monoisotopic (exact) mass is 550 g/mol. The second-order valence-electron chi connectivity index (χ2n) is 7.94. The van der Waals surface area contributed by atoms with Crippen molar-refractivity contribution in [3.63, 3.8) is 0 Å². The van der Waals surface area contributed by atoms with E-state index in [1.165, 1.54) is 55.9 Å². The van der Waals surface area contributed by atoms with Gasteiger partial charge in [0.1, 0.15) is 0 Å². The molecule has 0 N–H and O–H groups in total. The summed E-state index contributed by atoms with van der Waals surface area (Å²) in [4.78, 5) is 1.27. The van der Waals surface area contributed by atoms with E-state index in [9.17, 15) is 21.6 Å². The summed E-state index contributed by atoms with van der Waals surface area (Å²) in [6.45, 7) is 2.22. The Morgan fingerprint density at radius 3 is 2.16 bits per heavy atom. The quantitative estimate of drug-likeness (QED) is 0.136. The summed E-state index contributed by atoms with van der Waals surface area (Å²) < 4.78 is 66.3. The molecule has 0 aliphatic rings. The van der Waals surface area contributed by atoms with Crippen molar-refractivity contribution in [3.05, 3.63) is 39.7 Å². The summed E-state index contributed by atoms with van der Waals surface area (Å²) in [5, 5.41) is 2.40. The molecule has 0 spiro atoms. The highest BCUT2D eigenvalue weighted by Crippen LogP contribution is 2.37. The number of hydrogen-bond acceptors (Lipinski definition) is 4. The Kier molecular flexibility index (Phi) is 8.49. The van der Waals surface area contributed by atoms with E-state index >= 15 is 0 Å². The summed E-state index contributed by atoms with van der Waals surface area (Å²) >= 11 is 4.84. The first-order valence-corrected chi connectivity index (χ1v) is 13.8. The summed E-state index contributed by atoms with van der Waals surface area (Å²) in [6.07, 6.45) is 11.1. The molecule has 2 aromatic carbocycles. The van der Waals surface area contributed by atoms with Crippen LogP contribution in [0.1, 0.15) is 63.2 Å². The number of hydrogen-bond donors (Lipinski definition) is 0. The van der Waals surface area contributed by atoms with E-state index in [2.05, 4.69) is 33.1 Å². The third kappa shape index (κ3) is 6.38. The second-order valence-corrected chi connectivity index (χ2v) is 11.5. The van der Waals surface area contributed by atoms with Gasteiger partial charge in [-0.15, -0.1) is 11.3 Å². The first kappa shape index (κ1) is 25.3. The van der Waals surface area contributed by atoms with Gasteiger partial charge in [-0.2, -0.15) is 21.6 Å². The van der Waals surface area contributed by atoms with Crippen molar-refractivity contribution >= 4 is 58.2 Å². The Morgan fingerprint density at radius 1 is 0.875 bits per heavy atom. The van der Waals surface area contributed by atoms with Crippen LogP contribution in [0.15, 0.2) is 34.8 Å². The third-order valence-corrected chi connectivity index (χ3v) is 8.08. The summed E-state index contributed by atoms with van der Waals surface area (Å²) in [5.74, 6) is -0.386. The van der Waals surface area contributed by atoms with Gasteiger partial charge in [0.15, 0.2) is 5.75 Å². The lowest BCUT2D eigenvalue weighted by molar-refractivity contribution is -0.0500. The van der Waals surface area contributed by atoms with Crippen molar-refractivity contribution in [3.8, 4) is 5.75 Å². The lowest BCUT2D eigenvalue weighted by Gasteiger charge is -2.11. The van der Waals surface area contributed by atoms with Crippen LogP contribution in [0.4, 0.5) is 13.2 Å². The lowest BCUT2D eigenvalue weighted by atomic mass is 10.1. The molecule has 3 aromatic rings. The third-order valence-electron chi connectivity index (χ3n) is 5.34. The highest BCUT2D eigenvalue weighted by atomic mass is 79.9. The number of aryl methyl sites for hydroxylation is 1. The van der Waals surface area contributed by atoms with Gasteiger partial charge in [0.25, 0.3) is 0 Å². The van der Waals surface area contributed by atoms with Gasteiger partial charge in [0.05, 0.1) is 4.47 Å². The van der Waals surface area contributed by atoms with Crippen molar-refractivity contribution < 1.29 is 25.8 Å². The molecule has 3 nitrogen and oxygen atoms in total. The van der Waals surface area contributed by atoms with Crippen molar-refractivity contribution in [1.82, 2.24) is 0 Å². The van der Waals surface area contributed by atoms with Crippen LogP contribution in [0.3, 0.4) is 0 Å². The first-order valence-electron chi connectivity index (χ1n) is 10.8. The summed E-state index contributed by atoms with van der Waals surface area (Å²) in [7, 11) is -5.73. The Balaban J connectivity index is 1.70. The van der Waals surface area contributed by atoms with E-state index in [1.807, 2.05) is 12.1 Å². The Hall–Kier alpha value is -1.32. The van der Waals surface area contributed by atoms with Gasteiger partial charge in [-0.3, -0.25) is 0 Å². The van der Waals surface area contributed by atoms with Gasteiger partial charge in [0, 0.05) is 9.58 Å². The number of benzene rings is 2. The Bertz CT molecular complexity index is 1170. The Labute approximate surface area is 199 Å². The van der Waals surface area contributed by atoms with Crippen LogP contribution >= 0.6 is 27.3 Å². The molecule has 32 heavy (non-hydrogen) atoms. The number of halogens is 4. The highest BCUT2D eigenvalue weighted by molar-refractivity contribution is 9.10. The molecule has 1 aromatic heterocycles. The molecule has 0 saturated heterocycles. The van der Waals surface area contributed by atoms with Crippen molar-refractivity contribution in [1.29, 1.82) is 0 Å². The minimum Gasteiger partial charge on any atom is -0.375 e. The summed E-state index contributed by atoms with van der Waals surface area (Å²) in [6, 6.07) is 8.83. The van der Waals surface area contributed by atoms with Gasteiger partial charge in [-0.25, -0.2) is 0 Å². The van der Waals surface area contributed by atoms with E-state index in [1.54, 1.807) is 17.4 Å². The molecule has 0 unspecified atom stereocenters. The van der Waals surface area contributed by atoms with Crippen LogP contribution in [0.5, 0.6) is 5.75 Å². The maximum absolute atomic E-state index is 12.7. The summed E-state index contributed by atoms with van der Waals surface area (Å²) in [5.41, 5.74) is -5.48. The van der Waals surface area contributed by atoms with E-state index in [0.717, 1.165) is 28.3 Å². The zero-order chi connectivity index (χ0) is 23.4. The van der Waals surface area contributed by atoms with Gasteiger partial charge in [-0.1, -0.05) is 51.9 Å². The molecule has 0 radical (unpaired) electrons. The van der Waals surface area contributed by atoms with Gasteiger partial charge < -0.3 is 4.18 Å². The fourth-order valence-corrected chi connectivity index (χ4v) is 5.78. The van der Waals surface area contributed by atoms with Gasteiger partial charge >= 0.3 is 15.6 Å². The van der Waals surface area contributed by atoms with Crippen LogP contribution in [0, 0.1) is 0 Å². The fourth-order valence-electron chi connectivity index (χ4n) is 3.63. The molecule has 9 heteroatoms. The van der Waals surface area contributed by atoms with E-state index < -0.39 is 15.6 Å². The Morgan fingerprint density at radius 2 is 1.50 bits per heavy atom. The largest absolute Gasteiger partial charge is 0.534 e. The van der Waals surface area contributed by atoms with Crippen molar-refractivity contribution in [2.24, 2.45) is 0 Å². The molecular weight excluding hydrogens is 525 g/mol. The molecular formula is C23H26BrF3O3S2. The predicted molar refractivity (Wildman–Crippen MR) is 129 cm³/mol. The smallest absolute Gasteiger partial charge is 0.375 e. The van der Waals surface area contributed by atoms with Gasteiger partial charge in [-0.05, 0) is 75.3 Å². The molecule has 0 aliphatic heterocycles. The van der Waals surface area contributed by atoms with Gasteiger partial charge in [0.2, 0.25) is 0 Å². The average Bonchev–Trinajstić information content (AvgIpc) is 3.09. The van der Waals surface area contributed by atoms with Crippen molar-refractivity contribution in [2.75, 3.05) is 0 Å². The molecule has 3 rings (SSSR count). The van der Waals surface area contributed by atoms with E-state index in [4.69, 9.17) is 0 Å². The number of unbranched alkanes of at least 4 members (excludes halogenated alkanes) is 7. The van der Waals surface area contributed by atoms with Crippen LogP contribution < -0.4 is 4.18 Å². The van der Waals surface area contributed by atoms with Crippen LogP contribution in [0.25, 0.3) is 20.9 Å². The maximum atomic E-state index is 12.7. The number of thiophene rings is 1. The minimum absolute atomic E-state index is 0.146. The zero-order valence-corrected chi connectivity index (χ0v) is 21.0. The topological polar surface area (TPSA) is 43.4 Å². The molecule has 0 aliphatic carbocycles. The molecule has 176 valence electrons. The van der Waals surface area contributed by atoms with Crippen LogP contribution in [0.2, 0.25) is 0 Å². The van der Waals surface area contributed by atoms with E-state index in [-0.39, 0.29) is 10.2 Å². The zero-order valence-electron chi connectivity index (χ0n) is 17.8. The molecule has 0 amide bonds. The molecule has 0 atom stereocenters. The number of fused-ring (bicyclic) bond motifs is 2. The normalized spacial score (nSPS) is 12.7. The predicted octanol–water partition coefficient (Wildman–Crippen LogP) is 8.73. The molecule has 0 fully saturated rings. The minimum atomic E-state index is -5.73.